The van der Waals surface area contributed by atoms with E-state index in [9.17, 15) is 18.0 Å². The zero-order valence-electron chi connectivity index (χ0n) is 21.2. The fraction of sp³-hybridized carbons (Fsp3) is 0.0690. The van der Waals surface area contributed by atoms with Crippen molar-refractivity contribution in [2.45, 2.75) is 11.3 Å². The molecule has 11 heteroatoms. The maximum Gasteiger partial charge on any atom is 0.418 e. The van der Waals surface area contributed by atoms with Crippen LogP contribution in [0.3, 0.4) is 0 Å². The van der Waals surface area contributed by atoms with Crippen molar-refractivity contribution in [3.05, 3.63) is 114 Å². The van der Waals surface area contributed by atoms with E-state index in [2.05, 4.69) is 10.6 Å². The molecule has 0 aliphatic rings. The lowest BCUT2D eigenvalue weighted by Gasteiger charge is -2.11. The lowest BCUT2D eigenvalue weighted by atomic mass is 10.1. The predicted octanol–water partition coefficient (Wildman–Crippen LogP) is 4.45. The Morgan fingerprint density at radius 1 is 0.775 bits per heavy atom. The minimum atomic E-state index is -3.90. The first-order valence-corrected chi connectivity index (χ1v) is 13.6. The number of primary sulfonamides is 1. The summed E-state index contributed by atoms with van der Waals surface area (Å²) in [6, 6.07) is 28.3. The molecule has 0 saturated heterocycles. The van der Waals surface area contributed by atoms with Crippen molar-refractivity contribution in [1.29, 1.82) is 5.41 Å². The van der Waals surface area contributed by atoms with Gasteiger partial charge in [0.05, 0.1) is 4.90 Å². The Bertz CT molecular complexity index is 1620. The highest BCUT2D eigenvalue weighted by Crippen LogP contribution is 2.28. The monoisotopic (exact) mass is 558 g/mol. The fourth-order valence-electron chi connectivity index (χ4n) is 3.79. The first-order chi connectivity index (χ1) is 19.2. The largest absolute Gasteiger partial charge is 0.418 e. The number of benzene rings is 4. The molecule has 4 aromatic carbocycles. The first kappa shape index (κ1) is 28.0. The number of rotatable bonds is 8. The molecule has 0 heterocycles. The molecule has 204 valence electrons. The Balaban J connectivity index is 1.27. The average Bonchev–Trinajstić information content (AvgIpc) is 2.93. The van der Waals surface area contributed by atoms with Gasteiger partial charge in [-0.2, -0.15) is 0 Å². The molecule has 0 bridgehead atoms. The lowest BCUT2D eigenvalue weighted by Crippen LogP contribution is -2.33. The van der Waals surface area contributed by atoms with Crippen LogP contribution in [0.25, 0.3) is 11.1 Å². The molecule has 0 spiro atoms. The summed E-state index contributed by atoms with van der Waals surface area (Å²) in [7, 11) is -3.90. The molecule has 4 rings (SSSR count). The number of carbonyl (C=O) groups excluding carboxylic acids is 2. The lowest BCUT2D eigenvalue weighted by molar-refractivity contribution is 0.200. The van der Waals surface area contributed by atoms with Crippen LogP contribution in [0.15, 0.2) is 108 Å². The van der Waals surface area contributed by atoms with Crippen LogP contribution in [0.4, 0.5) is 9.59 Å². The number of ether oxygens (including phenoxy) is 2. The number of amides is 2. The summed E-state index contributed by atoms with van der Waals surface area (Å²) < 4.78 is 34.2. The summed E-state index contributed by atoms with van der Waals surface area (Å²) in [5.41, 5.74) is 2.36. The van der Waals surface area contributed by atoms with E-state index in [1.165, 1.54) is 6.07 Å². The van der Waals surface area contributed by atoms with Gasteiger partial charge in [-0.3, -0.25) is 10.7 Å². The second-order valence-corrected chi connectivity index (χ2v) is 10.1. The van der Waals surface area contributed by atoms with E-state index >= 15 is 0 Å². The second-order valence-electron chi connectivity index (χ2n) is 8.53. The molecule has 0 fully saturated rings. The summed E-state index contributed by atoms with van der Waals surface area (Å²) in [4.78, 5) is 24.3. The third-order valence-electron chi connectivity index (χ3n) is 5.65. The van der Waals surface area contributed by atoms with Crippen LogP contribution < -0.4 is 25.2 Å². The van der Waals surface area contributed by atoms with Crippen LogP contribution in [0, 0.1) is 5.41 Å². The topological polar surface area (TPSA) is 161 Å². The van der Waals surface area contributed by atoms with Crippen molar-refractivity contribution in [2.75, 3.05) is 6.54 Å². The maximum absolute atomic E-state index is 12.3. The minimum Gasteiger partial charge on any atom is -0.410 e. The molecule has 10 nitrogen and oxygen atoms in total. The van der Waals surface area contributed by atoms with Gasteiger partial charge in [-0.25, -0.2) is 23.1 Å². The molecule has 0 aromatic heterocycles. The zero-order chi connectivity index (χ0) is 28.5. The van der Waals surface area contributed by atoms with Crippen LogP contribution in [0.1, 0.15) is 11.1 Å². The smallest absolute Gasteiger partial charge is 0.410 e. The molecule has 0 saturated carbocycles. The van der Waals surface area contributed by atoms with Gasteiger partial charge in [0, 0.05) is 17.7 Å². The number of carbonyl (C=O) groups is 2. The molecule has 0 radical (unpaired) electrons. The summed E-state index contributed by atoms with van der Waals surface area (Å²) in [6.45, 7) is 0.263. The molecule has 40 heavy (non-hydrogen) atoms. The predicted molar refractivity (Wildman–Crippen MR) is 150 cm³/mol. The minimum absolute atomic E-state index is 0.00326. The van der Waals surface area contributed by atoms with Crippen molar-refractivity contribution < 1.29 is 27.5 Å². The van der Waals surface area contributed by atoms with Crippen molar-refractivity contribution in [1.82, 2.24) is 10.6 Å². The average molecular weight is 559 g/mol. The van der Waals surface area contributed by atoms with Gasteiger partial charge < -0.3 is 14.8 Å². The van der Waals surface area contributed by atoms with Crippen LogP contribution in [-0.4, -0.2) is 33.0 Å². The summed E-state index contributed by atoms with van der Waals surface area (Å²) >= 11 is 0. The Morgan fingerprint density at radius 2 is 1.43 bits per heavy atom. The highest BCUT2D eigenvalue weighted by molar-refractivity contribution is 7.89. The molecule has 0 unspecified atom stereocenters. The number of sulfonamides is 1. The van der Waals surface area contributed by atoms with E-state index in [1.54, 1.807) is 91.0 Å². The Hall–Kier alpha value is -5.00. The van der Waals surface area contributed by atoms with Gasteiger partial charge >= 0.3 is 12.2 Å². The van der Waals surface area contributed by atoms with Gasteiger partial charge in [0.25, 0.3) is 0 Å². The van der Waals surface area contributed by atoms with E-state index in [4.69, 9.17) is 20.0 Å². The van der Waals surface area contributed by atoms with Gasteiger partial charge in [-0.1, -0.05) is 66.7 Å². The van der Waals surface area contributed by atoms with E-state index in [0.29, 0.717) is 28.9 Å². The standard InChI is InChI=1S/C29H26N4O6S/c30-27(33-29(35)39-23-9-2-1-3-10-23)22-8-6-7-20(19-22)17-18-32-28(34)38-24-15-13-21(14-16-24)25-11-4-5-12-26(25)40(31,36)37/h1-16,19H,17-18H2,(H,32,34)(H2,30,33,35)(H2,31,36,37). The number of hydrogen-bond acceptors (Lipinski definition) is 7. The highest BCUT2D eigenvalue weighted by Gasteiger charge is 2.15. The van der Waals surface area contributed by atoms with Gasteiger partial charge in [0.15, 0.2) is 0 Å². The third-order valence-corrected chi connectivity index (χ3v) is 6.62. The zero-order valence-corrected chi connectivity index (χ0v) is 22.0. The molecule has 5 N–H and O–H groups in total. The Kier molecular flexibility index (Phi) is 8.89. The number of hydrogen-bond donors (Lipinski definition) is 4. The van der Waals surface area contributed by atoms with E-state index in [0.717, 1.165) is 5.56 Å². The number of nitrogens with two attached hydrogens (primary N) is 1. The summed E-state index contributed by atoms with van der Waals surface area (Å²) in [5, 5.41) is 18.5. The normalized spacial score (nSPS) is 10.8. The maximum atomic E-state index is 12.3. The van der Waals surface area contributed by atoms with Gasteiger partial charge in [-0.05, 0) is 53.9 Å². The molecule has 0 aliphatic carbocycles. The van der Waals surface area contributed by atoms with Crippen LogP contribution in [0.2, 0.25) is 0 Å². The van der Waals surface area contributed by atoms with Crippen molar-refractivity contribution in [3.63, 3.8) is 0 Å². The molecular weight excluding hydrogens is 532 g/mol. The Labute approximate surface area is 231 Å². The Morgan fingerprint density at radius 3 is 2.15 bits per heavy atom. The molecule has 4 aromatic rings. The van der Waals surface area contributed by atoms with Crippen molar-refractivity contribution >= 4 is 28.0 Å². The third kappa shape index (κ3) is 7.76. The van der Waals surface area contributed by atoms with Gasteiger partial charge in [-0.15, -0.1) is 0 Å². The van der Waals surface area contributed by atoms with E-state index < -0.39 is 22.2 Å². The summed E-state index contributed by atoms with van der Waals surface area (Å²) in [5.74, 6) is 0.520. The van der Waals surface area contributed by atoms with Crippen LogP contribution in [0.5, 0.6) is 11.5 Å². The van der Waals surface area contributed by atoms with Crippen molar-refractivity contribution in [3.8, 4) is 22.6 Å². The van der Waals surface area contributed by atoms with Crippen LogP contribution in [-0.2, 0) is 16.4 Å². The number of para-hydroxylation sites is 1. The molecular formula is C29H26N4O6S. The molecule has 2 amide bonds. The quantitative estimate of drug-likeness (QED) is 0.185. The highest BCUT2D eigenvalue weighted by atomic mass is 32.2. The SMILES string of the molecule is N=C(NC(=O)Oc1ccccc1)c1cccc(CCNC(=O)Oc2ccc(-c3ccccc3S(N)(=O)=O)cc2)c1. The number of amidine groups is 1. The summed E-state index contributed by atoms with van der Waals surface area (Å²) in [6.07, 6.45) is -0.979. The van der Waals surface area contributed by atoms with Crippen molar-refractivity contribution in [2.24, 2.45) is 5.14 Å². The fourth-order valence-corrected chi connectivity index (χ4v) is 4.55. The molecule has 0 aliphatic heterocycles. The molecule has 0 atom stereocenters. The van der Waals surface area contributed by atoms with Crippen LogP contribution >= 0.6 is 0 Å². The van der Waals surface area contributed by atoms with E-state index in [1.807, 2.05) is 6.07 Å². The van der Waals surface area contributed by atoms with Gasteiger partial charge in [0.2, 0.25) is 10.0 Å². The number of nitrogens with one attached hydrogen (secondary N) is 3. The van der Waals surface area contributed by atoms with E-state index in [-0.39, 0.29) is 23.0 Å². The first-order valence-electron chi connectivity index (χ1n) is 12.1. The second kappa shape index (κ2) is 12.7. The van der Waals surface area contributed by atoms with Gasteiger partial charge in [0.1, 0.15) is 17.3 Å².